The number of unbranched alkanes of at least 4 members (excludes halogenated alkanes) is 8. The molecule has 1 aliphatic heterocycles. The first kappa shape index (κ1) is 37.1. The van der Waals surface area contributed by atoms with E-state index in [1.807, 2.05) is 0 Å². The fraction of sp³-hybridized carbons (Fsp3) is 0.771. The third kappa shape index (κ3) is 23.3. The van der Waals surface area contributed by atoms with E-state index in [4.69, 9.17) is 14.2 Å². The summed E-state index contributed by atoms with van der Waals surface area (Å²) in [6.45, 7) is 6.27. The van der Waals surface area contributed by atoms with Gasteiger partial charge in [-0.1, -0.05) is 109 Å². The SMILES string of the molecule is CCCCC/C=C\C/C=C\C/C=C\CC1OC1CCCC(=O)OC[C@H](CO)OC(=O)CCCCCCCCC(C)C. The molecule has 6 nitrogen and oxygen atoms in total. The van der Waals surface area contributed by atoms with E-state index in [0.29, 0.717) is 19.3 Å². The van der Waals surface area contributed by atoms with Crippen LogP contribution in [0.5, 0.6) is 0 Å². The summed E-state index contributed by atoms with van der Waals surface area (Å²) in [5.41, 5.74) is 0. The number of carbonyl (C=O) groups excluding carboxylic acids is 2. The Kier molecular flexibility index (Phi) is 23.3. The maximum atomic E-state index is 12.1. The summed E-state index contributed by atoms with van der Waals surface area (Å²) < 4.78 is 16.2. The lowest BCUT2D eigenvalue weighted by molar-refractivity contribution is -0.161. The van der Waals surface area contributed by atoms with Crippen molar-refractivity contribution in [3.63, 3.8) is 0 Å². The van der Waals surface area contributed by atoms with Gasteiger partial charge in [-0.15, -0.1) is 0 Å². The van der Waals surface area contributed by atoms with Crippen molar-refractivity contribution in [1.82, 2.24) is 0 Å². The Labute approximate surface area is 251 Å². The highest BCUT2D eigenvalue weighted by Crippen LogP contribution is 2.30. The number of aliphatic hydroxyl groups excluding tert-OH is 1. The molecule has 1 fully saturated rings. The van der Waals surface area contributed by atoms with Crippen LogP contribution >= 0.6 is 0 Å². The summed E-state index contributed by atoms with van der Waals surface area (Å²) in [6.07, 6.45) is 30.9. The van der Waals surface area contributed by atoms with E-state index < -0.39 is 6.10 Å². The summed E-state index contributed by atoms with van der Waals surface area (Å²) in [7, 11) is 0. The molecule has 1 N–H and O–H groups in total. The highest BCUT2D eigenvalue weighted by atomic mass is 16.6. The van der Waals surface area contributed by atoms with Crippen molar-refractivity contribution >= 4 is 11.9 Å². The standard InChI is InChI=1S/C35H60O6/c1-4-5-6-7-8-9-10-11-12-13-17-20-24-32-33(41-32)25-22-27-34(37)39-29-31(28-36)40-35(38)26-21-18-15-14-16-19-23-30(2)3/h8-9,11-12,17,20,30-33,36H,4-7,10,13-16,18-19,21-29H2,1-3H3/b9-8-,12-11-,20-17-/t31-,32?,33?/m0/s1. The Morgan fingerprint density at radius 3 is 2.15 bits per heavy atom. The van der Waals surface area contributed by atoms with E-state index in [2.05, 4.69) is 57.2 Å². The highest BCUT2D eigenvalue weighted by Gasteiger charge is 2.36. The Bertz CT molecular complexity index is 741. The number of hydrogen-bond donors (Lipinski definition) is 1. The van der Waals surface area contributed by atoms with Gasteiger partial charge >= 0.3 is 11.9 Å². The van der Waals surface area contributed by atoms with Crippen LogP contribution in [0.4, 0.5) is 0 Å². The maximum absolute atomic E-state index is 12.1. The molecular weight excluding hydrogens is 516 g/mol. The van der Waals surface area contributed by atoms with E-state index in [-0.39, 0.29) is 37.4 Å². The first-order valence-electron chi connectivity index (χ1n) is 16.5. The summed E-state index contributed by atoms with van der Waals surface area (Å²) in [5, 5.41) is 9.49. The van der Waals surface area contributed by atoms with Gasteiger partial charge in [0.1, 0.15) is 6.61 Å². The molecule has 0 aliphatic carbocycles. The molecule has 1 saturated heterocycles. The van der Waals surface area contributed by atoms with Crippen LogP contribution in [0, 0.1) is 5.92 Å². The number of rotatable bonds is 27. The van der Waals surface area contributed by atoms with Gasteiger partial charge in [-0.25, -0.2) is 0 Å². The van der Waals surface area contributed by atoms with Gasteiger partial charge in [-0.3, -0.25) is 9.59 Å². The van der Waals surface area contributed by atoms with E-state index in [9.17, 15) is 14.7 Å². The zero-order valence-corrected chi connectivity index (χ0v) is 26.4. The molecule has 0 aromatic rings. The number of allylic oxidation sites excluding steroid dienone is 5. The number of ether oxygens (including phenoxy) is 3. The Balaban J connectivity index is 2.00. The monoisotopic (exact) mass is 576 g/mol. The molecule has 41 heavy (non-hydrogen) atoms. The van der Waals surface area contributed by atoms with Gasteiger partial charge in [-0.2, -0.15) is 0 Å². The van der Waals surface area contributed by atoms with Crippen molar-refractivity contribution in [1.29, 1.82) is 0 Å². The second kappa shape index (κ2) is 25.8. The predicted molar refractivity (Wildman–Crippen MR) is 168 cm³/mol. The van der Waals surface area contributed by atoms with Crippen molar-refractivity contribution in [2.24, 2.45) is 5.92 Å². The predicted octanol–water partition coefficient (Wildman–Crippen LogP) is 8.57. The maximum Gasteiger partial charge on any atom is 0.306 e. The van der Waals surface area contributed by atoms with Crippen LogP contribution in [0.3, 0.4) is 0 Å². The summed E-state index contributed by atoms with van der Waals surface area (Å²) in [4.78, 5) is 24.1. The van der Waals surface area contributed by atoms with Gasteiger partial charge < -0.3 is 19.3 Å². The molecule has 0 amide bonds. The first-order valence-corrected chi connectivity index (χ1v) is 16.5. The van der Waals surface area contributed by atoms with Gasteiger partial charge in [0, 0.05) is 12.8 Å². The molecule has 1 heterocycles. The fourth-order valence-corrected chi connectivity index (χ4v) is 4.65. The summed E-state index contributed by atoms with van der Waals surface area (Å²) in [5.74, 6) is 0.0889. The van der Waals surface area contributed by atoms with Crippen molar-refractivity contribution < 1.29 is 28.9 Å². The first-order chi connectivity index (χ1) is 20.0. The number of hydrogen-bond acceptors (Lipinski definition) is 6. The number of esters is 2. The van der Waals surface area contributed by atoms with Crippen LogP contribution in [0.15, 0.2) is 36.5 Å². The lowest BCUT2D eigenvalue weighted by Gasteiger charge is -2.15. The molecule has 0 aromatic heterocycles. The number of aliphatic hydroxyl groups is 1. The van der Waals surface area contributed by atoms with E-state index in [1.165, 1.54) is 51.4 Å². The molecule has 6 heteroatoms. The quantitative estimate of drug-likeness (QED) is 0.0456. The molecular formula is C35H60O6. The lowest BCUT2D eigenvalue weighted by Crippen LogP contribution is -2.28. The second-order valence-electron chi connectivity index (χ2n) is 11.8. The van der Waals surface area contributed by atoms with Crippen molar-refractivity contribution in [2.45, 2.75) is 155 Å². The van der Waals surface area contributed by atoms with Gasteiger partial charge in [0.05, 0.1) is 18.8 Å². The van der Waals surface area contributed by atoms with Crippen LogP contribution in [-0.4, -0.2) is 48.6 Å². The second-order valence-corrected chi connectivity index (χ2v) is 11.8. The molecule has 2 unspecified atom stereocenters. The molecule has 1 rings (SSSR count). The van der Waals surface area contributed by atoms with Crippen molar-refractivity contribution in [3.05, 3.63) is 36.5 Å². The zero-order valence-electron chi connectivity index (χ0n) is 26.4. The lowest BCUT2D eigenvalue weighted by atomic mass is 10.0. The van der Waals surface area contributed by atoms with Gasteiger partial charge in [0.15, 0.2) is 6.10 Å². The van der Waals surface area contributed by atoms with E-state index in [1.54, 1.807) is 0 Å². The Morgan fingerprint density at radius 1 is 0.780 bits per heavy atom. The molecule has 0 radical (unpaired) electrons. The number of carbonyl (C=O) groups is 2. The van der Waals surface area contributed by atoms with Crippen LogP contribution < -0.4 is 0 Å². The normalized spacial score (nSPS) is 17.7. The van der Waals surface area contributed by atoms with Gasteiger partial charge in [-0.05, 0) is 57.3 Å². The van der Waals surface area contributed by atoms with Crippen LogP contribution in [0.25, 0.3) is 0 Å². The molecule has 0 aromatic carbocycles. The summed E-state index contributed by atoms with van der Waals surface area (Å²) >= 11 is 0. The van der Waals surface area contributed by atoms with Gasteiger partial charge in [0.2, 0.25) is 0 Å². The summed E-state index contributed by atoms with van der Waals surface area (Å²) in [6, 6.07) is 0. The molecule has 0 bridgehead atoms. The molecule has 0 saturated carbocycles. The molecule has 0 spiro atoms. The van der Waals surface area contributed by atoms with E-state index in [0.717, 1.165) is 50.9 Å². The molecule has 236 valence electrons. The zero-order chi connectivity index (χ0) is 30.0. The van der Waals surface area contributed by atoms with Crippen molar-refractivity contribution in [2.75, 3.05) is 13.2 Å². The minimum atomic E-state index is -0.799. The van der Waals surface area contributed by atoms with Gasteiger partial charge in [0.25, 0.3) is 0 Å². The third-order valence-corrected chi connectivity index (χ3v) is 7.29. The minimum absolute atomic E-state index is 0.103. The van der Waals surface area contributed by atoms with E-state index >= 15 is 0 Å². The van der Waals surface area contributed by atoms with Crippen molar-refractivity contribution in [3.8, 4) is 0 Å². The van der Waals surface area contributed by atoms with Crippen LogP contribution in [0.1, 0.15) is 136 Å². The van der Waals surface area contributed by atoms with Crippen LogP contribution in [0.2, 0.25) is 0 Å². The average molecular weight is 577 g/mol. The molecule has 1 aliphatic rings. The average Bonchev–Trinajstić information content (AvgIpc) is 3.70. The Hall–Kier alpha value is -1.92. The smallest absolute Gasteiger partial charge is 0.306 e. The van der Waals surface area contributed by atoms with Crippen LogP contribution in [-0.2, 0) is 23.8 Å². The highest BCUT2D eigenvalue weighted by molar-refractivity contribution is 5.70. The third-order valence-electron chi connectivity index (χ3n) is 7.29. The fourth-order valence-electron chi connectivity index (χ4n) is 4.65. The molecule has 3 atom stereocenters. The largest absolute Gasteiger partial charge is 0.462 e. The number of epoxide rings is 1. The topological polar surface area (TPSA) is 85.4 Å². The Morgan fingerprint density at radius 2 is 1.44 bits per heavy atom. The minimum Gasteiger partial charge on any atom is -0.462 e.